The predicted molar refractivity (Wildman–Crippen MR) is 256 cm³/mol. The largest absolute Gasteiger partial charge is 0.508 e. The molecule has 8 rings (SSSR count). The maximum Gasteiger partial charge on any atom is 0.324 e. The van der Waals surface area contributed by atoms with E-state index < -0.39 is 41.3 Å². The molecule has 0 saturated carbocycles. The number of benzene rings is 2. The third-order valence-corrected chi connectivity index (χ3v) is 13.8. The minimum Gasteiger partial charge on any atom is -0.508 e. The van der Waals surface area contributed by atoms with Gasteiger partial charge in [0.05, 0.1) is 18.3 Å². The fourth-order valence-electron chi connectivity index (χ4n) is 10.3. The number of fused-ring (bicyclic) bond motifs is 6. The Labute approximate surface area is 393 Å². The second-order valence-corrected chi connectivity index (χ2v) is 19.8. The number of nitrogens with one attached hydrogen (secondary N) is 3. The van der Waals surface area contributed by atoms with E-state index in [1.165, 1.54) is 15.5 Å². The van der Waals surface area contributed by atoms with Gasteiger partial charge in [0, 0.05) is 93.6 Å². The maximum atomic E-state index is 14.8. The van der Waals surface area contributed by atoms with E-state index in [1.54, 1.807) is 29.0 Å². The monoisotopic (exact) mass is 918 g/mol. The number of urea groups is 1. The summed E-state index contributed by atoms with van der Waals surface area (Å²) in [7, 11) is 1.60. The van der Waals surface area contributed by atoms with Gasteiger partial charge in [-0.05, 0) is 103 Å². The molecule has 3 saturated heterocycles. The quantitative estimate of drug-likeness (QED) is 0.140. The minimum atomic E-state index is -1.15. The molecule has 0 aliphatic carbocycles. The van der Waals surface area contributed by atoms with Crippen LogP contribution >= 0.6 is 0 Å². The first-order chi connectivity index (χ1) is 32.1. The lowest BCUT2D eigenvalue weighted by Gasteiger charge is -2.37. The summed E-state index contributed by atoms with van der Waals surface area (Å²) < 4.78 is 8.44. The normalized spacial score (nSPS) is 21.6. The molecule has 3 fully saturated rings. The highest BCUT2D eigenvalue weighted by Gasteiger charge is 2.39. The number of carbonyl (C=O) groups excluding carboxylic acids is 5. The molecule has 16 nitrogen and oxygen atoms in total. The summed E-state index contributed by atoms with van der Waals surface area (Å²) >= 11 is 0. The van der Waals surface area contributed by atoms with Crippen LogP contribution in [0, 0.1) is 11.3 Å². The van der Waals surface area contributed by atoms with Gasteiger partial charge in [-0.2, -0.15) is 0 Å². The van der Waals surface area contributed by atoms with E-state index in [1.807, 2.05) is 38.4 Å². The van der Waals surface area contributed by atoms with E-state index >= 15 is 0 Å². The topological polar surface area (TPSA) is 192 Å². The van der Waals surface area contributed by atoms with Crippen LogP contribution in [-0.2, 0) is 49.7 Å². The predicted octanol–water partition coefficient (Wildman–Crippen LogP) is 4.89. The first-order valence-electron chi connectivity index (χ1n) is 24.1. The third kappa shape index (κ3) is 10.2. The third-order valence-electron chi connectivity index (χ3n) is 13.8. The lowest BCUT2D eigenvalue weighted by atomic mass is 9.84. The van der Waals surface area contributed by atoms with Crippen LogP contribution in [0.15, 0.2) is 54.9 Å². The number of aromatic nitrogens is 2. The van der Waals surface area contributed by atoms with E-state index in [2.05, 4.69) is 71.5 Å². The van der Waals surface area contributed by atoms with Crippen molar-refractivity contribution >= 4 is 40.6 Å². The van der Waals surface area contributed by atoms with Crippen LogP contribution < -0.4 is 16.1 Å². The number of aromatic hydroxyl groups is 1. The maximum absolute atomic E-state index is 14.8. The average Bonchev–Trinajstić information content (AvgIpc) is 4.16. The van der Waals surface area contributed by atoms with Crippen LogP contribution in [0.1, 0.15) is 77.5 Å². The Morgan fingerprint density at radius 1 is 0.985 bits per heavy atom. The van der Waals surface area contributed by atoms with Crippen molar-refractivity contribution in [2.75, 3.05) is 52.9 Å². The van der Waals surface area contributed by atoms with Gasteiger partial charge in [-0.1, -0.05) is 46.8 Å². The number of aryl methyl sites for hydroxylation is 2. The van der Waals surface area contributed by atoms with Gasteiger partial charge in [-0.15, -0.1) is 0 Å². The molecule has 4 aliphatic rings. The fourth-order valence-corrected chi connectivity index (χ4v) is 10.3. The lowest BCUT2D eigenvalue weighted by molar-refractivity contribution is -0.155. The number of hydrogen-bond acceptors (Lipinski definition) is 10. The van der Waals surface area contributed by atoms with E-state index in [9.17, 15) is 29.1 Å². The van der Waals surface area contributed by atoms with Crippen molar-refractivity contribution in [3.05, 3.63) is 71.5 Å². The number of esters is 1. The number of ether oxygens (including phenoxy) is 1. The average molecular weight is 918 g/mol. The molecule has 4 atom stereocenters. The number of rotatable bonds is 8. The molecule has 5 amide bonds. The van der Waals surface area contributed by atoms with Crippen molar-refractivity contribution in [2.24, 2.45) is 11.3 Å². The highest BCUT2D eigenvalue weighted by atomic mass is 16.5. The molecule has 67 heavy (non-hydrogen) atoms. The summed E-state index contributed by atoms with van der Waals surface area (Å²) in [6.45, 7) is 15.7. The first kappa shape index (κ1) is 47.5. The van der Waals surface area contributed by atoms with E-state index in [0.717, 1.165) is 45.3 Å². The number of pyridine rings is 1. The van der Waals surface area contributed by atoms with Crippen LogP contribution in [-0.4, -0.2) is 141 Å². The SMILES string of the molecule is CCc1ccncc1-c1c2c3cc(ccc3n1CC)-c1cc(O)cc(c1)C[C@H](NC(=O)[C@H](C(C)C)N(C)C(=O)N1CCCN(C(=O)[C@@H]3CN3)CC1)C(=O)N1CCC[C@H](N1)C(=O)OCC(C)(C)C2. The second-order valence-electron chi connectivity index (χ2n) is 19.8. The van der Waals surface area contributed by atoms with Crippen molar-refractivity contribution in [3.63, 3.8) is 0 Å². The number of phenols is 1. The van der Waals surface area contributed by atoms with Gasteiger partial charge < -0.3 is 39.7 Å². The Morgan fingerprint density at radius 3 is 2.48 bits per heavy atom. The number of amides is 5. The number of nitrogens with zero attached hydrogens (tertiary/aromatic N) is 6. The molecule has 0 spiro atoms. The van der Waals surface area contributed by atoms with Gasteiger partial charge in [0.15, 0.2) is 0 Å². The van der Waals surface area contributed by atoms with Gasteiger partial charge >= 0.3 is 12.0 Å². The van der Waals surface area contributed by atoms with Crippen LogP contribution in [0.4, 0.5) is 4.79 Å². The smallest absolute Gasteiger partial charge is 0.324 e. The molecule has 2 aromatic carbocycles. The Bertz CT molecular complexity index is 2530. The van der Waals surface area contributed by atoms with Crippen molar-refractivity contribution in [2.45, 2.75) is 111 Å². The summed E-state index contributed by atoms with van der Waals surface area (Å²) in [4.78, 5) is 79.7. The van der Waals surface area contributed by atoms with Crippen LogP contribution in [0.25, 0.3) is 33.3 Å². The minimum absolute atomic E-state index is 0.00560. The van der Waals surface area contributed by atoms with E-state index in [0.29, 0.717) is 70.5 Å². The van der Waals surface area contributed by atoms with Crippen molar-refractivity contribution in [1.29, 1.82) is 0 Å². The number of likely N-dealkylation sites (N-methyl/N-ethyl adjacent to an activating group) is 1. The van der Waals surface area contributed by atoms with Gasteiger partial charge in [0.1, 0.15) is 23.9 Å². The molecule has 358 valence electrons. The molecule has 4 N–H and O–H groups in total. The van der Waals surface area contributed by atoms with Crippen LogP contribution in [0.5, 0.6) is 5.75 Å². The fraction of sp³-hybridized carbons (Fsp3) is 0.529. The standard InChI is InChI=1S/C51H67N9O7/c1-8-33-15-16-52-28-39(33)45-38-27-51(5,6)30-67-49(65)40-12-10-19-60(55-40)48(64)41(24-32-22-35(25-36(61)23-32)34-13-14-43(37(38)26-34)59(45)9-2)54-46(62)44(31(3)4)56(7)50(66)58-18-11-17-57(20-21-58)47(63)42-29-53-42/h13-16,22-23,25-26,28,31,40-42,44,53,55,61H,8-12,17-21,24,27,29-30H2,1-7H3,(H,54,62)/t40-,41-,42-,44-/m0/s1. The number of cyclic esters (lactones) is 1. The number of hydrazine groups is 1. The number of hydrogen-bond donors (Lipinski definition) is 4. The van der Waals surface area contributed by atoms with Gasteiger partial charge in [-0.3, -0.25) is 29.2 Å². The Kier molecular flexibility index (Phi) is 14.0. The van der Waals surface area contributed by atoms with Crippen molar-refractivity contribution in [3.8, 4) is 28.1 Å². The van der Waals surface area contributed by atoms with Crippen molar-refractivity contribution in [1.82, 2.24) is 45.3 Å². The Balaban J connectivity index is 1.15. The summed E-state index contributed by atoms with van der Waals surface area (Å²) in [6.07, 6.45) is 6.77. The zero-order chi connectivity index (χ0) is 47.7. The molecular formula is C51H67N9O7. The number of phenolic OH excluding ortho intramolecular Hbond substituents is 1. The van der Waals surface area contributed by atoms with Gasteiger partial charge in [0.2, 0.25) is 11.8 Å². The Hall–Kier alpha value is -6.00. The zero-order valence-electron chi connectivity index (χ0n) is 40.1. The molecule has 6 heterocycles. The first-order valence-corrected chi connectivity index (χ1v) is 24.1. The van der Waals surface area contributed by atoms with E-state index in [-0.39, 0.29) is 49.2 Å². The van der Waals surface area contributed by atoms with Crippen LogP contribution in [0.3, 0.4) is 0 Å². The summed E-state index contributed by atoms with van der Waals surface area (Å²) in [5, 5.41) is 19.9. The second kappa shape index (κ2) is 19.7. The molecule has 0 unspecified atom stereocenters. The number of carbonyl (C=O) groups is 5. The molecular weight excluding hydrogens is 851 g/mol. The highest BCUT2D eigenvalue weighted by molar-refractivity contribution is 5.96. The zero-order valence-corrected chi connectivity index (χ0v) is 40.1. The summed E-state index contributed by atoms with van der Waals surface area (Å²) in [6, 6.07) is 10.2. The Morgan fingerprint density at radius 2 is 1.75 bits per heavy atom. The molecule has 2 aromatic heterocycles. The summed E-state index contributed by atoms with van der Waals surface area (Å²) in [5.41, 5.74) is 10.3. The molecule has 4 aromatic rings. The van der Waals surface area contributed by atoms with E-state index in [4.69, 9.17) is 4.74 Å². The van der Waals surface area contributed by atoms with Crippen molar-refractivity contribution < 1.29 is 33.8 Å². The molecule has 4 aliphatic heterocycles. The molecule has 6 bridgehead atoms. The molecule has 0 radical (unpaired) electrons. The van der Waals surface area contributed by atoms with Gasteiger partial charge in [0.25, 0.3) is 5.91 Å². The molecule has 16 heteroatoms. The highest BCUT2D eigenvalue weighted by Crippen LogP contribution is 2.41. The lowest BCUT2D eigenvalue weighted by Crippen LogP contribution is -2.62. The summed E-state index contributed by atoms with van der Waals surface area (Å²) in [5.74, 6) is -1.73. The van der Waals surface area contributed by atoms with Crippen LogP contribution in [0.2, 0.25) is 0 Å². The van der Waals surface area contributed by atoms with Gasteiger partial charge in [-0.25, -0.2) is 10.2 Å².